The Labute approximate surface area is 88.0 Å². The molecule has 1 atom stereocenters. The van der Waals surface area contributed by atoms with Gasteiger partial charge in [-0.3, -0.25) is 5.10 Å². The Hall–Kier alpha value is -1.36. The first-order valence-corrected chi connectivity index (χ1v) is 5.24. The second-order valence-corrected chi connectivity index (χ2v) is 3.68. The third-order valence-corrected chi connectivity index (χ3v) is 2.66. The summed E-state index contributed by atoms with van der Waals surface area (Å²) < 4.78 is 4.92. The van der Waals surface area contributed by atoms with Gasteiger partial charge >= 0.3 is 5.97 Å². The van der Waals surface area contributed by atoms with E-state index in [-0.39, 0.29) is 12.0 Å². The molecule has 0 radical (unpaired) electrons. The lowest BCUT2D eigenvalue weighted by Crippen LogP contribution is -2.20. The normalized spacial score (nSPS) is 19.7. The number of nitrogens with one attached hydrogen (secondary N) is 1. The van der Waals surface area contributed by atoms with Gasteiger partial charge in [-0.15, -0.1) is 0 Å². The fourth-order valence-corrected chi connectivity index (χ4v) is 1.97. The SMILES string of the molecule is CCOC(=O)c1n[nH]c2c1C(N)CCC2. The molecule has 1 heterocycles. The van der Waals surface area contributed by atoms with Gasteiger partial charge in [0.25, 0.3) is 0 Å². The number of nitrogens with two attached hydrogens (primary N) is 1. The second-order valence-electron chi connectivity index (χ2n) is 3.68. The maximum atomic E-state index is 11.6. The average molecular weight is 209 g/mol. The Bertz CT molecular complexity index is 373. The number of carbonyl (C=O) groups is 1. The number of nitrogens with zero attached hydrogens (tertiary/aromatic N) is 1. The lowest BCUT2D eigenvalue weighted by Gasteiger charge is -2.18. The van der Waals surface area contributed by atoms with Crippen LogP contribution in [0.5, 0.6) is 0 Å². The van der Waals surface area contributed by atoms with Gasteiger partial charge in [-0.25, -0.2) is 4.79 Å². The van der Waals surface area contributed by atoms with Crippen LogP contribution >= 0.6 is 0 Å². The molecule has 2 rings (SSSR count). The van der Waals surface area contributed by atoms with Crippen molar-refractivity contribution in [3.63, 3.8) is 0 Å². The van der Waals surface area contributed by atoms with E-state index in [0.29, 0.717) is 12.3 Å². The fourth-order valence-electron chi connectivity index (χ4n) is 1.97. The van der Waals surface area contributed by atoms with Gasteiger partial charge in [-0.1, -0.05) is 0 Å². The Morgan fingerprint density at radius 3 is 3.27 bits per heavy atom. The third-order valence-electron chi connectivity index (χ3n) is 2.66. The number of aromatic nitrogens is 2. The summed E-state index contributed by atoms with van der Waals surface area (Å²) >= 11 is 0. The van der Waals surface area contributed by atoms with Gasteiger partial charge in [0, 0.05) is 17.3 Å². The van der Waals surface area contributed by atoms with Crippen molar-refractivity contribution < 1.29 is 9.53 Å². The predicted molar refractivity (Wildman–Crippen MR) is 54.4 cm³/mol. The van der Waals surface area contributed by atoms with E-state index >= 15 is 0 Å². The van der Waals surface area contributed by atoms with Gasteiger partial charge in [0.2, 0.25) is 0 Å². The predicted octanol–water partition coefficient (Wildman–Crippen LogP) is 0.923. The fraction of sp³-hybridized carbons (Fsp3) is 0.600. The second kappa shape index (κ2) is 4.02. The molecule has 1 aromatic rings. The van der Waals surface area contributed by atoms with E-state index in [2.05, 4.69) is 10.2 Å². The van der Waals surface area contributed by atoms with Crippen LogP contribution in [0.1, 0.15) is 47.6 Å². The van der Waals surface area contributed by atoms with Crippen LogP contribution in [-0.2, 0) is 11.2 Å². The van der Waals surface area contributed by atoms with Crippen molar-refractivity contribution in [3.8, 4) is 0 Å². The highest BCUT2D eigenvalue weighted by Crippen LogP contribution is 2.29. The molecule has 0 fully saturated rings. The standard InChI is InChI=1S/C10H15N3O2/c1-2-15-10(14)9-8-6(11)4-3-5-7(8)12-13-9/h6H,2-5,11H2,1H3,(H,12,13). The maximum absolute atomic E-state index is 11.6. The number of H-pyrrole nitrogens is 1. The molecule has 0 bridgehead atoms. The first-order chi connectivity index (χ1) is 7.24. The smallest absolute Gasteiger partial charge is 0.359 e. The average Bonchev–Trinajstić information content (AvgIpc) is 2.63. The van der Waals surface area contributed by atoms with Gasteiger partial charge in [0.05, 0.1) is 6.61 Å². The summed E-state index contributed by atoms with van der Waals surface area (Å²) in [5.74, 6) is -0.382. The van der Waals surface area contributed by atoms with Crippen LogP contribution in [0.3, 0.4) is 0 Å². The number of ether oxygens (including phenoxy) is 1. The Morgan fingerprint density at radius 1 is 1.73 bits per heavy atom. The number of rotatable bonds is 2. The van der Waals surface area contributed by atoms with Crippen LogP contribution in [0.4, 0.5) is 0 Å². The van der Waals surface area contributed by atoms with Crippen molar-refractivity contribution in [3.05, 3.63) is 17.0 Å². The minimum absolute atomic E-state index is 0.0908. The molecule has 0 spiro atoms. The van der Waals surface area contributed by atoms with Crippen LogP contribution in [0.2, 0.25) is 0 Å². The van der Waals surface area contributed by atoms with Gasteiger partial charge in [0.1, 0.15) is 0 Å². The quantitative estimate of drug-likeness (QED) is 0.710. The van der Waals surface area contributed by atoms with E-state index in [9.17, 15) is 4.79 Å². The molecule has 0 aromatic carbocycles. The molecule has 3 N–H and O–H groups in total. The van der Waals surface area contributed by atoms with Gasteiger partial charge in [-0.2, -0.15) is 5.10 Å². The summed E-state index contributed by atoms with van der Waals surface area (Å²) in [4.78, 5) is 11.6. The molecule has 0 amide bonds. The molecule has 1 aliphatic rings. The molecule has 1 aromatic heterocycles. The largest absolute Gasteiger partial charge is 0.461 e. The number of esters is 1. The molecular weight excluding hydrogens is 194 g/mol. The van der Waals surface area contributed by atoms with Gasteiger partial charge in [0.15, 0.2) is 5.69 Å². The van der Waals surface area contributed by atoms with E-state index in [4.69, 9.17) is 10.5 Å². The van der Waals surface area contributed by atoms with E-state index in [1.54, 1.807) is 6.92 Å². The van der Waals surface area contributed by atoms with Crippen LogP contribution in [0.25, 0.3) is 0 Å². The molecule has 0 saturated heterocycles. The zero-order chi connectivity index (χ0) is 10.8. The lowest BCUT2D eigenvalue weighted by atomic mass is 9.92. The van der Waals surface area contributed by atoms with Crippen molar-refractivity contribution in [2.45, 2.75) is 32.2 Å². The topological polar surface area (TPSA) is 81.0 Å². The zero-order valence-corrected chi connectivity index (χ0v) is 8.75. The minimum Gasteiger partial charge on any atom is -0.461 e. The highest BCUT2D eigenvalue weighted by Gasteiger charge is 2.27. The molecule has 82 valence electrons. The lowest BCUT2D eigenvalue weighted by molar-refractivity contribution is 0.0517. The number of aromatic amines is 1. The maximum Gasteiger partial charge on any atom is 0.359 e. The number of hydrogen-bond acceptors (Lipinski definition) is 4. The monoisotopic (exact) mass is 209 g/mol. The van der Waals surface area contributed by atoms with Crippen LogP contribution in [0, 0.1) is 0 Å². The van der Waals surface area contributed by atoms with Crippen LogP contribution < -0.4 is 5.73 Å². The molecular formula is C10H15N3O2. The van der Waals surface area contributed by atoms with Gasteiger partial charge < -0.3 is 10.5 Å². The van der Waals surface area contributed by atoms with E-state index in [1.165, 1.54) is 0 Å². The molecule has 0 saturated carbocycles. The molecule has 1 unspecified atom stereocenters. The number of aryl methyl sites for hydroxylation is 1. The van der Waals surface area contributed by atoms with Crippen molar-refractivity contribution in [2.75, 3.05) is 6.61 Å². The third kappa shape index (κ3) is 1.74. The summed E-state index contributed by atoms with van der Waals surface area (Å²) in [6, 6.07) is -0.0908. The number of carbonyl (C=O) groups excluding carboxylic acids is 1. The minimum atomic E-state index is -0.382. The van der Waals surface area contributed by atoms with E-state index in [0.717, 1.165) is 30.5 Å². The van der Waals surface area contributed by atoms with Crippen molar-refractivity contribution in [1.29, 1.82) is 0 Å². The molecule has 15 heavy (non-hydrogen) atoms. The summed E-state index contributed by atoms with van der Waals surface area (Å²) in [5.41, 5.74) is 8.15. The van der Waals surface area contributed by atoms with Gasteiger partial charge in [-0.05, 0) is 26.2 Å². The van der Waals surface area contributed by atoms with E-state index in [1.807, 2.05) is 0 Å². The van der Waals surface area contributed by atoms with Crippen LogP contribution in [0.15, 0.2) is 0 Å². The summed E-state index contributed by atoms with van der Waals surface area (Å²) in [6.45, 7) is 2.13. The van der Waals surface area contributed by atoms with Crippen molar-refractivity contribution in [1.82, 2.24) is 10.2 Å². The Balaban J connectivity index is 2.33. The van der Waals surface area contributed by atoms with Crippen molar-refractivity contribution in [2.24, 2.45) is 5.73 Å². The van der Waals surface area contributed by atoms with Crippen LogP contribution in [-0.4, -0.2) is 22.8 Å². The number of hydrogen-bond donors (Lipinski definition) is 2. The summed E-state index contributed by atoms with van der Waals surface area (Å²) in [7, 11) is 0. The number of fused-ring (bicyclic) bond motifs is 1. The highest BCUT2D eigenvalue weighted by atomic mass is 16.5. The zero-order valence-electron chi connectivity index (χ0n) is 8.75. The Morgan fingerprint density at radius 2 is 2.53 bits per heavy atom. The highest BCUT2D eigenvalue weighted by molar-refractivity contribution is 5.89. The van der Waals surface area contributed by atoms with E-state index < -0.39 is 0 Å². The molecule has 1 aliphatic carbocycles. The summed E-state index contributed by atoms with van der Waals surface area (Å²) in [5, 5.41) is 6.85. The molecule has 5 heteroatoms. The molecule has 5 nitrogen and oxygen atoms in total. The Kier molecular flexibility index (Phi) is 2.73. The first kappa shape index (κ1) is 10.2. The molecule has 0 aliphatic heterocycles. The summed E-state index contributed by atoms with van der Waals surface area (Å²) in [6.07, 6.45) is 2.85. The first-order valence-electron chi connectivity index (χ1n) is 5.24. The van der Waals surface area contributed by atoms with Crippen molar-refractivity contribution >= 4 is 5.97 Å².